The van der Waals surface area contributed by atoms with Crippen molar-refractivity contribution in [2.24, 2.45) is 0 Å². The van der Waals surface area contributed by atoms with Crippen molar-refractivity contribution in [3.05, 3.63) is 28.6 Å². The maximum atomic E-state index is 11.8. The van der Waals surface area contributed by atoms with Crippen molar-refractivity contribution in [3.63, 3.8) is 0 Å². The lowest BCUT2D eigenvalue weighted by molar-refractivity contribution is -0.148. The van der Waals surface area contributed by atoms with E-state index in [0.717, 1.165) is 12.8 Å². The van der Waals surface area contributed by atoms with Crippen LogP contribution in [0.3, 0.4) is 0 Å². The topological polar surface area (TPSA) is 88.9 Å². The number of esters is 1. The number of nitrogens with one attached hydrogen (secondary N) is 1. The van der Waals surface area contributed by atoms with Gasteiger partial charge in [-0.25, -0.2) is 4.79 Å². The molecule has 7 nitrogen and oxygen atoms in total. The molecule has 1 heterocycles. The highest BCUT2D eigenvalue weighted by atomic mass is 79.9. The lowest BCUT2D eigenvalue weighted by Gasteiger charge is -2.16. The van der Waals surface area contributed by atoms with Crippen LogP contribution in [0.25, 0.3) is 6.08 Å². The molecule has 0 aromatic carbocycles. The number of carbonyl (C=O) groups excluding carboxylic acids is 3. The number of hydrogen-bond donors (Lipinski definition) is 1. The molecule has 0 radical (unpaired) electrons. The van der Waals surface area contributed by atoms with Crippen LogP contribution in [0, 0.1) is 0 Å². The van der Waals surface area contributed by atoms with E-state index < -0.39 is 18.5 Å². The van der Waals surface area contributed by atoms with Gasteiger partial charge in [0.05, 0.1) is 6.54 Å². The smallest absolute Gasteiger partial charge is 0.331 e. The minimum atomic E-state index is -0.665. The first-order chi connectivity index (χ1) is 10.9. The Labute approximate surface area is 141 Å². The highest BCUT2D eigenvalue weighted by molar-refractivity contribution is 9.10. The average Bonchev–Trinajstić information content (AvgIpc) is 3.21. The third-order valence-electron chi connectivity index (χ3n) is 3.06. The Bertz CT molecular complexity index is 621. The summed E-state index contributed by atoms with van der Waals surface area (Å²) in [7, 11) is 1.48. The summed E-state index contributed by atoms with van der Waals surface area (Å²) in [5, 5.41) is 2.78. The van der Waals surface area contributed by atoms with E-state index in [1.807, 2.05) is 0 Å². The zero-order chi connectivity index (χ0) is 16.8. The van der Waals surface area contributed by atoms with Gasteiger partial charge < -0.3 is 19.4 Å². The standard InChI is InChI=1S/C15H17BrN2O5/c1-18(8-13(19)17-10-2-3-10)14(20)9-22-15(21)7-5-11-4-6-12(16)23-11/h4-7,10H,2-3,8-9H2,1H3,(H,17,19)/b7-5+. The molecule has 1 aromatic heterocycles. The first-order valence-corrected chi connectivity index (χ1v) is 7.87. The Kier molecular flexibility index (Phi) is 5.97. The predicted octanol–water partition coefficient (Wildman–Crippen LogP) is 1.34. The molecule has 0 unspecified atom stereocenters. The van der Waals surface area contributed by atoms with Gasteiger partial charge in [-0.2, -0.15) is 0 Å². The van der Waals surface area contributed by atoms with Gasteiger partial charge in [0.15, 0.2) is 11.3 Å². The number of halogens is 1. The molecule has 2 rings (SSSR count). The van der Waals surface area contributed by atoms with E-state index in [-0.39, 0.29) is 18.5 Å². The molecular weight excluding hydrogens is 368 g/mol. The van der Waals surface area contributed by atoms with Gasteiger partial charge in [-0.3, -0.25) is 9.59 Å². The second-order valence-electron chi connectivity index (χ2n) is 5.17. The van der Waals surface area contributed by atoms with Crippen LogP contribution >= 0.6 is 15.9 Å². The van der Waals surface area contributed by atoms with E-state index in [4.69, 9.17) is 9.15 Å². The van der Waals surface area contributed by atoms with Crippen LogP contribution in [0.15, 0.2) is 27.3 Å². The number of nitrogens with zero attached hydrogens (tertiary/aromatic N) is 1. The fourth-order valence-electron chi connectivity index (χ4n) is 1.66. The largest absolute Gasteiger partial charge is 0.452 e. The molecule has 1 N–H and O–H groups in total. The normalized spacial score (nSPS) is 13.8. The van der Waals surface area contributed by atoms with Crippen LogP contribution in [-0.2, 0) is 19.1 Å². The summed E-state index contributed by atoms with van der Waals surface area (Å²) in [5.74, 6) is -0.841. The summed E-state index contributed by atoms with van der Waals surface area (Å²) in [4.78, 5) is 36.1. The third kappa shape index (κ3) is 6.27. The summed E-state index contributed by atoms with van der Waals surface area (Å²) < 4.78 is 10.6. The Hall–Kier alpha value is -2.09. The molecule has 0 spiro atoms. The van der Waals surface area contributed by atoms with Gasteiger partial charge in [0, 0.05) is 19.2 Å². The number of amides is 2. The first-order valence-electron chi connectivity index (χ1n) is 7.07. The molecule has 1 aromatic rings. The number of rotatable bonds is 7. The Balaban J connectivity index is 1.68. The van der Waals surface area contributed by atoms with Crippen molar-refractivity contribution in [2.75, 3.05) is 20.2 Å². The van der Waals surface area contributed by atoms with Crippen molar-refractivity contribution in [1.29, 1.82) is 0 Å². The number of likely N-dealkylation sites (N-methyl/N-ethyl adjacent to an activating group) is 1. The zero-order valence-corrected chi connectivity index (χ0v) is 14.2. The molecule has 0 saturated heterocycles. The summed E-state index contributed by atoms with van der Waals surface area (Å²) >= 11 is 3.14. The quantitative estimate of drug-likeness (QED) is 0.565. The Morgan fingerprint density at radius 3 is 2.78 bits per heavy atom. The van der Waals surface area contributed by atoms with Gasteiger partial charge in [-0.05, 0) is 47.0 Å². The van der Waals surface area contributed by atoms with E-state index in [0.29, 0.717) is 10.4 Å². The molecule has 1 aliphatic rings. The summed E-state index contributed by atoms with van der Waals surface area (Å²) in [6.07, 6.45) is 4.57. The molecule has 1 saturated carbocycles. The minimum absolute atomic E-state index is 0.0524. The van der Waals surface area contributed by atoms with Gasteiger partial charge in [0.1, 0.15) is 5.76 Å². The van der Waals surface area contributed by atoms with Gasteiger partial charge in [0.2, 0.25) is 5.91 Å². The van der Waals surface area contributed by atoms with E-state index in [2.05, 4.69) is 21.2 Å². The van der Waals surface area contributed by atoms with Crippen molar-refractivity contribution in [2.45, 2.75) is 18.9 Å². The molecule has 23 heavy (non-hydrogen) atoms. The fraction of sp³-hybridized carbons (Fsp3) is 0.400. The van der Waals surface area contributed by atoms with E-state index in [1.54, 1.807) is 12.1 Å². The van der Waals surface area contributed by atoms with Gasteiger partial charge in [0.25, 0.3) is 5.91 Å². The van der Waals surface area contributed by atoms with Crippen LogP contribution < -0.4 is 5.32 Å². The van der Waals surface area contributed by atoms with Crippen molar-refractivity contribution in [3.8, 4) is 0 Å². The van der Waals surface area contributed by atoms with Crippen LogP contribution in [0.2, 0.25) is 0 Å². The highest BCUT2D eigenvalue weighted by Crippen LogP contribution is 2.18. The molecule has 1 aliphatic carbocycles. The maximum absolute atomic E-state index is 11.8. The number of ether oxygens (including phenoxy) is 1. The average molecular weight is 385 g/mol. The summed E-state index contributed by atoms with van der Waals surface area (Å²) in [6.45, 7) is -0.471. The Morgan fingerprint density at radius 2 is 2.17 bits per heavy atom. The van der Waals surface area contributed by atoms with E-state index >= 15 is 0 Å². The van der Waals surface area contributed by atoms with Gasteiger partial charge in [-0.1, -0.05) is 0 Å². The first kappa shape index (κ1) is 17.3. The SMILES string of the molecule is CN(CC(=O)NC1CC1)C(=O)COC(=O)/C=C/c1ccc(Br)o1. The van der Waals surface area contributed by atoms with E-state index in [1.165, 1.54) is 24.1 Å². The molecule has 124 valence electrons. The molecule has 0 atom stereocenters. The van der Waals surface area contributed by atoms with Gasteiger partial charge in [-0.15, -0.1) is 0 Å². The van der Waals surface area contributed by atoms with Crippen LogP contribution in [0.1, 0.15) is 18.6 Å². The summed E-state index contributed by atoms with van der Waals surface area (Å²) in [6, 6.07) is 3.61. The highest BCUT2D eigenvalue weighted by Gasteiger charge is 2.24. The Morgan fingerprint density at radius 1 is 1.43 bits per heavy atom. The maximum Gasteiger partial charge on any atom is 0.331 e. The number of furan rings is 1. The van der Waals surface area contributed by atoms with Crippen molar-refractivity contribution in [1.82, 2.24) is 10.2 Å². The monoisotopic (exact) mass is 384 g/mol. The fourth-order valence-corrected chi connectivity index (χ4v) is 1.98. The zero-order valence-electron chi connectivity index (χ0n) is 12.6. The second-order valence-corrected chi connectivity index (χ2v) is 5.96. The van der Waals surface area contributed by atoms with Crippen molar-refractivity contribution >= 4 is 39.8 Å². The molecule has 8 heteroatoms. The molecular formula is C15H17BrN2O5. The lowest BCUT2D eigenvalue weighted by atomic mass is 10.4. The number of hydrogen-bond acceptors (Lipinski definition) is 5. The second kappa shape index (κ2) is 7.96. The molecule has 2 amide bonds. The third-order valence-corrected chi connectivity index (χ3v) is 3.49. The predicted molar refractivity (Wildman–Crippen MR) is 85.2 cm³/mol. The number of carbonyl (C=O) groups is 3. The molecule has 1 fully saturated rings. The lowest BCUT2D eigenvalue weighted by Crippen LogP contribution is -2.40. The molecule has 0 bridgehead atoms. The summed E-state index contributed by atoms with van der Waals surface area (Å²) in [5.41, 5.74) is 0. The van der Waals surface area contributed by atoms with Crippen LogP contribution in [-0.4, -0.2) is 48.9 Å². The van der Waals surface area contributed by atoms with Gasteiger partial charge >= 0.3 is 5.97 Å². The molecule has 0 aliphatic heterocycles. The van der Waals surface area contributed by atoms with E-state index in [9.17, 15) is 14.4 Å². The van der Waals surface area contributed by atoms with Crippen LogP contribution in [0.4, 0.5) is 0 Å². The van der Waals surface area contributed by atoms with Crippen molar-refractivity contribution < 1.29 is 23.5 Å². The minimum Gasteiger partial charge on any atom is -0.452 e. The van der Waals surface area contributed by atoms with Crippen LogP contribution in [0.5, 0.6) is 0 Å².